The van der Waals surface area contributed by atoms with Gasteiger partial charge in [-0.25, -0.2) is 4.79 Å². The van der Waals surface area contributed by atoms with Crippen LogP contribution in [0.4, 0.5) is 0 Å². The zero-order valence-corrected chi connectivity index (χ0v) is 28.5. The van der Waals surface area contributed by atoms with Crippen molar-refractivity contribution in [2.45, 2.75) is 105 Å². The van der Waals surface area contributed by atoms with E-state index >= 15 is 0 Å². The fourth-order valence-electron chi connectivity index (χ4n) is 3.36. The van der Waals surface area contributed by atoms with E-state index in [0.29, 0.717) is 19.8 Å². The minimum Gasteiger partial charge on any atom is -0.489 e. The molecule has 0 bridgehead atoms. The lowest BCUT2D eigenvalue weighted by Gasteiger charge is -2.37. The maximum Gasteiger partial charge on any atom is 0.328 e. The Morgan fingerprint density at radius 1 is 0.825 bits per heavy atom. The third-order valence-electron chi connectivity index (χ3n) is 8.34. The van der Waals surface area contributed by atoms with Gasteiger partial charge < -0.3 is 18.7 Å². The summed E-state index contributed by atoms with van der Waals surface area (Å²) in [7, 11) is -3.84. The molecule has 0 saturated carbocycles. The highest BCUT2D eigenvalue weighted by atomic mass is 28.4. The zero-order chi connectivity index (χ0) is 30.4. The predicted octanol–water partition coefficient (Wildman–Crippen LogP) is 9.35. The maximum absolute atomic E-state index is 10.7. The summed E-state index contributed by atoms with van der Waals surface area (Å²) in [5.41, 5.74) is 5.30. The number of carboxylic acid groups (broad SMARTS) is 1. The molecular formula is C33H50O5Si2. The van der Waals surface area contributed by atoms with Gasteiger partial charge in [-0.05, 0) is 89.2 Å². The lowest BCUT2D eigenvalue weighted by Crippen LogP contribution is -2.41. The van der Waals surface area contributed by atoms with Gasteiger partial charge in [0, 0.05) is 6.08 Å². The number of rotatable bonds is 12. The lowest BCUT2D eigenvalue weighted by molar-refractivity contribution is -0.131. The van der Waals surface area contributed by atoms with Crippen molar-refractivity contribution in [1.29, 1.82) is 0 Å². The molecule has 40 heavy (non-hydrogen) atoms. The summed E-state index contributed by atoms with van der Waals surface area (Å²) >= 11 is 0. The van der Waals surface area contributed by atoms with E-state index < -0.39 is 22.6 Å². The molecule has 7 heteroatoms. The summed E-state index contributed by atoms with van der Waals surface area (Å²) in [5, 5.41) is 9.08. The summed E-state index contributed by atoms with van der Waals surface area (Å²) in [6, 6.07) is 14.3. The minimum absolute atomic E-state index is 0.125. The second kappa shape index (κ2) is 13.5. The molecule has 0 atom stereocenters. The van der Waals surface area contributed by atoms with Gasteiger partial charge in [-0.2, -0.15) is 0 Å². The van der Waals surface area contributed by atoms with Gasteiger partial charge in [-0.3, -0.25) is 0 Å². The quantitative estimate of drug-likeness (QED) is 0.153. The number of carbonyl (C=O) groups is 1. The van der Waals surface area contributed by atoms with Crippen molar-refractivity contribution in [3.05, 3.63) is 82.9 Å². The summed E-state index contributed by atoms with van der Waals surface area (Å²) in [6.45, 7) is 26.2. The molecule has 1 N–H and O–H groups in total. The molecule has 220 valence electrons. The summed E-state index contributed by atoms with van der Waals surface area (Å²) in [4.78, 5) is 10.7. The Labute approximate surface area is 244 Å². The lowest BCUT2D eigenvalue weighted by atomic mass is 10.0. The molecule has 0 radical (unpaired) electrons. The Bertz CT molecular complexity index is 1210. The van der Waals surface area contributed by atoms with Crippen molar-refractivity contribution in [1.82, 2.24) is 0 Å². The van der Waals surface area contributed by atoms with Crippen LogP contribution in [0.3, 0.4) is 0 Å². The number of hydrogen-bond acceptors (Lipinski definition) is 4. The van der Waals surface area contributed by atoms with Crippen LogP contribution in [-0.4, -0.2) is 27.7 Å². The monoisotopic (exact) mass is 582 g/mol. The molecule has 0 aliphatic rings. The van der Waals surface area contributed by atoms with Crippen LogP contribution in [0.1, 0.15) is 70.7 Å². The first kappa shape index (κ1) is 33.7. The van der Waals surface area contributed by atoms with E-state index in [-0.39, 0.29) is 10.1 Å². The Morgan fingerprint density at radius 2 is 1.40 bits per heavy atom. The average molecular weight is 583 g/mol. The Morgan fingerprint density at radius 3 is 1.95 bits per heavy atom. The molecular weight excluding hydrogens is 533 g/mol. The normalized spacial score (nSPS) is 13.6. The van der Waals surface area contributed by atoms with Crippen LogP contribution in [0.15, 0.2) is 60.7 Å². The molecule has 0 saturated heterocycles. The highest BCUT2D eigenvalue weighted by molar-refractivity contribution is 6.74. The van der Waals surface area contributed by atoms with Gasteiger partial charge in [-0.1, -0.05) is 78.0 Å². The Balaban J connectivity index is 2.26. The highest BCUT2D eigenvalue weighted by Crippen LogP contribution is 2.39. The van der Waals surface area contributed by atoms with Gasteiger partial charge in [0.1, 0.15) is 12.4 Å². The first-order valence-electron chi connectivity index (χ1n) is 14.0. The molecule has 0 spiro atoms. The van der Waals surface area contributed by atoms with Gasteiger partial charge in [0.25, 0.3) is 0 Å². The predicted molar refractivity (Wildman–Crippen MR) is 172 cm³/mol. The highest BCUT2D eigenvalue weighted by Gasteiger charge is 2.38. The van der Waals surface area contributed by atoms with Gasteiger partial charge in [0.15, 0.2) is 16.6 Å². The standard InChI is InChI=1S/C33H50O5Si2/c1-25(14-12-17-31(34)35)27-16-13-15-26(20-27)22-36-30-19-18-28(23-37-39(8,9)32(2,3)4)29(21-30)24-38-40(10,11)33(5,6)7/h12-21H,22-24H2,1-11H3,(H,34,35)/b17-12+,25-14-. The fourth-order valence-corrected chi connectivity index (χ4v) is 5.26. The molecule has 0 aromatic heterocycles. The van der Waals surface area contributed by atoms with Crippen molar-refractivity contribution < 1.29 is 23.5 Å². The number of aliphatic carboxylic acids is 1. The van der Waals surface area contributed by atoms with Gasteiger partial charge in [-0.15, -0.1) is 0 Å². The molecule has 2 aromatic rings. The zero-order valence-electron chi connectivity index (χ0n) is 26.5. The van der Waals surface area contributed by atoms with Crippen LogP contribution in [0.2, 0.25) is 36.3 Å². The average Bonchev–Trinajstić information content (AvgIpc) is 2.84. The number of carboxylic acids is 1. The minimum atomic E-state index is -1.94. The Kier molecular flexibility index (Phi) is 11.4. The summed E-state index contributed by atoms with van der Waals surface area (Å²) in [6.07, 6.45) is 4.47. The first-order valence-corrected chi connectivity index (χ1v) is 19.8. The molecule has 5 nitrogen and oxygen atoms in total. The smallest absolute Gasteiger partial charge is 0.328 e. The van der Waals surface area contributed by atoms with E-state index in [1.54, 1.807) is 12.2 Å². The van der Waals surface area contributed by atoms with Crippen LogP contribution in [0.25, 0.3) is 5.57 Å². The molecule has 0 aliphatic heterocycles. The van der Waals surface area contributed by atoms with Crippen LogP contribution < -0.4 is 4.74 Å². The molecule has 0 heterocycles. The van der Waals surface area contributed by atoms with E-state index in [4.69, 9.17) is 18.7 Å². The van der Waals surface area contributed by atoms with Crippen molar-refractivity contribution >= 4 is 28.2 Å². The van der Waals surface area contributed by atoms with Crippen LogP contribution >= 0.6 is 0 Å². The van der Waals surface area contributed by atoms with Crippen molar-refractivity contribution in [2.75, 3.05) is 0 Å². The van der Waals surface area contributed by atoms with E-state index in [1.165, 1.54) is 0 Å². The summed E-state index contributed by atoms with van der Waals surface area (Å²) in [5.74, 6) is -0.162. The van der Waals surface area contributed by atoms with Crippen molar-refractivity contribution in [2.24, 2.45) is 0 Å². The van der Waals surface area contributed by atoms with E-state index in [0.717, 1.165) is 39.7 Å². The first-order chi connectivity index (χ1) is 18.3. The van der Waals surface area contributed by atoms with Crippen molar-refractivity contribution in [3.63, 3.8) is 0 Å². The maximum atomic E-state index is 10.7. The molecule has 0 aliphatic carbocycles. The third kappa shape index (κ3) is 9.87. The molecule has 2 rings (SSSR count). The molecule has 0 fully saturated rings. The second-order valence-electron chi connectivity index (χ2n) is 13.6. The van der Waals surface area contributed by atoms with Crippen molar-refractivity contribution in [3.8, 4) is 5.75 Å². The SMILES string of the molecule is C/C(=C/C=C/C(=O)O)c1cccc(COc2ccc(CO[Si](C)(C)C(C)(C)C)c(CO[Si](C)(C)C(C)(C)C)c2)c1. The van der Waals surface area contributed by atoms with E-state index in [9.17, 15) is 4.79 Å². The van der Waals surface area contributed by atoms with Crippen LogP contribution in [0, 0.1) is 0 Å². The second-order valence-corrected chi connectivity index (χ2v) is 23.2. The molecule has 0 amide bonds. The van der Waals surface area contributed by atoms with Crippen LogP contribution in [-0.2, 0) is 33.5 Å². The molecule has 0 unspecified atom stereocenters. The van der Waals surface area contributed by atoms with E-state index in [1.807, 2.05) is 31.2 Å². The number of benzene rings is 2. The number of hydrogen-bond donors (Lipinski definition) is 1. The van der Waals surface area contributed by atoms with Gasteiger partial charge >= 0.3 is 5.97 Å². The topological polar surface area (TPSA) is 65.0 Å². The van der Waals surface area contributed by atoms with E-state index in [2.05, 4.69) is 85.9 Å². The number of allylic oxidation sites excluding steroid dienone is 3. The van der Waals surface area contributed by atoms with Gasteiger partial charge in [0.2, 0.25) is 0 Å². The van der Waals surface area contributed by atoms with Crippen LogP contribution in [0.5, 0.6) is 5.75 Å². The fraction of sp³-hybridized carbons (Fsp3) is 0.485. The van der Waals surface area contributed by atoms with Gasteiger partial charge in [0.05, 0.1) is 13.2 Å². The molecule has 2 aromatic carbocycles. The third-order valence-corrected chi connectivity index (χ3v) is 17.3. The number of ether oxygens (including phenoxy) is 1. The summed E-state index contributed by atoms with van der Waals surface area (Å²) < 4.78 is 19.4. The largest absolute Gasteiger partial charge is 0.489 e. The Hall–Kier alpha value is -2.46.